The molecular weight excluding hydrogens is 198 g/mol. The van der Waals surface area contributed by atoms with Gasteiger partial charge in [0, 0.05) is 12.6 Å². The van der Waals surface area contributed by atoms with Gasteiger partial charge in [0.1, 0.15) is 0 Å². The van der Waals surface area contributed by atoms with Crippen LogP contribution in [0.4, 0.5) is 5.69 Å². The highest BCUT2D eigenvalue weighted by molar-refractivity contribution is 5.89. The molecule has 1 amide bonds. The summed E-state index contributed by atoms with van der Waals surface area (Å²) < 4.78 is 0. The van der Waals surface area contributed by atoms with Crippen molar-refractivity contribution >= 4 is 11.6 Å². The number of nitrogens with one attached hydrogen (secondary N) is 1. The lowest BCUT2D eigenvalue weighted by atomic mass is 9.89. The third kappa shape index (κ3) is 2.84. The second kappa shape index (κ2) is 5.15. The smallest absolute Gasteiger partial charge is 0.221 e. The molecule has 2 heteroatoms. The fourth-order valence-corrected chi connectivity index (χ4v) is 2.03. The van der Waals surface area contributed by atoms with Crippen molar-refractivity contribution in [2.75, 3.05) is 5.32 Å². The maximum absolute atomic E-state index is 11.2. The zero-order valence-electron chi connectivity index (χ0n) is 10.8. The molecule has 1 N–H and O–H groups in total. The van der Waals surface area contributed by atoms with Crippen LogP contribution in [0.5, 0.6) is 0 Å². The van der Waals surface area contributed by atoms with E-state index in [0.29, 0.717) is 11.8 Å². The Bertz CT molecular complexity index is 380. The summed E-state index contributed by atoms with van der Waals surface area (Å²) >= 11 is 0. The van der Waals surface area contributed by atoms with Crippen LogP contribution in [0, 0.1) is 0 Å². The van der Waals surface area contributed by atoms with Gasteiger partial charge in [-0.25, -0.2) is 0 Å². The molecule has 0 radical (unpaired) electrons. The summed E-state index contributed by atoms with van der Waals surface area (Å²) in [5, 5.41) is 2.91. The first kappa shape index (κ1) is 12.8. The average molecular weight is 219 g/mol. The van der Waals surface area contributed by atoms with Crippen LogP contribution in [0.25, 0.3) is 0 Å². The molecule has 1 rings (SSSR count). The lowest BCUT2D eigenvalue weighted by Gasteiger charge is -2.20. The van der Waals surface area contributed by atoms with Gasteiger partial charge in [-0.15, -0.1) is 0 Å². The Kier molecular flexibility index (Phi) is 4.11. The molecule has 0 aromatic heterocycles. The molecule has 2 nitrogen and oxygen atoms in total. The predicted octanol–water partition coefficient (Wildman–Crippen LogP) is 3.89. The third-order valence-corrected chi connectivity index (χ3v) is 2.65. The number of hydrogen-bond acceptors (Lipinski definition) is 1. The minimum Gasteiger partial charge on any atom is -0.326 e. The number of carbonyl (C=O) groups excluding carboxylic acids is 1. The van der Waals surface area contributed by atoms with Crippen molar-refractivity contribution in [2.45, 2.75) is 46.5 Å². The van der Waals surface area contributed by atoms with E-state index in [-0.39, 0.29) is 5.91 Å². The van der Waals surface area contributed by atoms with Crippen LogP contribution in [0.1, 0.15) is 57.6 Å². The van der Waals surface area contributed by atoms with Crippen molar-refractivity contribution in [2.24, 2.45) is 0 Å². The van der Waals surface area contributed by atoms with Gasteiger partial charge < -0.3 is 5.32 Å². The van der Waals surface area contributed by atoms with E-state index in [1.54, 1.807) is 6.92 Å². The topological polar surface area (TPSA) is 29.1 Å². The summed E-state index contributed by atoms with van der Waals surface area (Å²) in [7, 11) is 0. The number of hydrogen-bond donors (Lipinski definition) is 1. The van der Waals surface area contributed by atoms with Gasteiger partial charge in [0.05, 0.1) is 0 Å². The molecule has 0 fully saturated rings. The van der Waals surface area contributed by atoms with Crippen LogP contribution >= 0.6 is 0 Å². The summed E-state index contributed by atoms with van der Waals surface area (Å²) in [5.41, 5.74) is 3.53. The monoisotopic (exact) mass is 219 g/mol. The second-order valence-corrected chi connectivity index (χ2v) is 4.80. The van der Waals surface area contributed by atoms with E-state index in [4.69, 9.17) is 0 Å². The first-order valence-electron chi connectivity index (χ1n) is 5.83. The number of benzene rings is 1. The minimum absolute atomic E-state index is 0.0113. The van der Waals surface area contributed by atoms with Gasteiger partial charge in [0.2, 0.25) is 5.91 Å². The Morgan fingerprint density at radius 2 is 1.75 bits per heavy atom. The molecule has 0 saturated carbocycles. The van der Waals surface area contributed by atoms with Crippen molar-refractivity contribution < 1.29 is 4.79 Å². The largest absolute Gasteiger partial charge is 0.326 e. The molecule has 1 aromatic carbocycles. The summed E-state index contributed by atoms with van der Waals surface area (Å²) in [6.45, 7) is 10.2. The van der Waals surface area contributed by atoms with Crippen LogP contribution in [0.2, 0.25) is 0 Å². The van der Waals surface area contributed by atoms with Crippen molar-refractivity contribution in [1.29, 1.82) is 0 Å². The van der Waals surface area contributed by atoms with Crippen molar-refractivity contribution in [3.8, 4) is 0 Å². The van der Waals surface area contributed by atoms with Gasteiger partial charge >= 0.3 is 0 Å². The zero-order valence-corrected chi connectivity index (χ0v) is 10.8. The molecular formula is C14H21NO. The van der Waals surface area contributed by atoms with Gasteiger partial charge in [-0.1, -0.05) is 39.8 Å². The Morgan fingerprint density at radius 3 is 2.19 bits per heavy atom. The summed E-state index contributed by atoms with van der Waals surface area (Å²) in [6.07, 6.45) is 0. The van der Waals surface area contributed by atoms with Crippen LogP contribution in [0.15, 0.2) is 18.2 Å². The van der Waals surface area contributed by atoms with Crippen LogP contribution < -0.4 is 5.32 Å². The Labute approximate surface area is 98.1 Å². The van der Waals surface area contributed by atoms with E-state index in [9.17, 15) is 4.79 Å². The highest BCUT2D eigenvalue weighted by atomic mass is 16.1. The van der Waals surface area contributed by atoms with Crippen LogP contribution in [0.3, 0.4) is 0 Å². The van der Waals surface area contributed by atoms with Crippen molar-refractivity contribution in [3.05, 3.63) is 29.3 Å². The highest BCUT2D eigenvalue weighted by Crippen LogP contribution is 2.32. The minimum atomic E-state index is -0.0113. The van der Waals surface area contributed by atoms with Gasteiger partial charge in [0.25, 0.3) is 0 Å². The lowest BCUT2D eigenvalue weighted by molar-refractivity contribution is -0.114. The number of rotatable bonds is 3. The molecule has 88 valence electrons. The quantitative estimate of drug-likeness (QED) is 0.821. The molecule has 1 aromatic rings. The molecule has 0 heterocycles. The predicted molar refractivity (Wildman–Crippen MR) is 68.9 cm³/mol. The summed E-state index contributed by atoms with van der Waals surface area (Å²) in [5.74, 6) is 0.884. The average Bonchev–Trinajstić information content (AvgIpc) is 2.15. The standard InChI is InChI=1S/C14H21NO/c1-9(2)12-7-6-8-13(15-11(5)16)14(12)10(3)4/h6-10H,1-5H3,(H,15,16). The SMILES string of the molecule is CC(=O)Nc1cccc(C(C)C)c1C(C)C. The maximum atomic E-state index is 11.2. The van der Waals surface area contributed by atoms with Crippen LogP contribution in [-0.2, 0) is 4.79 Å². The van der Waals surface area contributed by atoms with Gasteiger partial charge in [-0.3, -0.25) is 4.79 Å². The normalized spacial score (nSPS) is 10.9. The first-order valence-corrected chi connectivity index (χ1v) is 5.83. The van der Waals surface area contributed by atoms with E-state index < -0.39 is 0 Å². The van der Waals surface area contributed by atoms with E-state index in [0.717, 1.165) is 5.69 Å². The van der Waals surface area contributed by atoms with Gasteiger partial charge in [-0.2, -0.15) is 0 Å². The molecule has 0 spiro atoms. The van der Waals surface area contributed by atoms with Crippen LogP contribution in [-0.4, -0.2) is 5.91 Å². The van der Waals surface area contributed by atoms with Crippen molar-refractivity contribution in [1.82, 2.24) is 0 Å². The second-order valence-electron chi connectivity index (χ2n) is 4.80. The molecule has 16 heavy (non-hydrogen) atoms. The Hall–Kier alpha value is -1.31. The lowest BCUT2D eigenvalue weighted by Crippen LogP contribution is -2.11. The summed E-state index contributed by atoms with van der Waals surface area (Å²) in [4.78, 5) is 11.2. The molecule has 0 unspecified atom stereocenters. The van der Waals surface area contributed by atoms with E-state index >= 15 is 0 Å². The van der Waals surface area contributed by atoms with Gasteiger partial charge in [0.15, 0.2) is 0 Å². The molecule has 0 aliphatic carbocycles. The fourth-order valence-electron chi connectivity index (χ4n) is 2.03. The van der Waals surface area contributed by atoms with E-state index in [2.05, 4.69) is 39.1 Å². The molecule has 0 aliphatic heterocycles. The van der Waals surface area contributed by atoms with Crippen molar-refractivity contribution in [3.63, 3.8) is 0 Å². The van der Waals surface area contributed by atoms with E-state index in [1.807, 2.05) is 12.1 Å². The Morgan fingerprint density at radius 1 is 1.12 bits per heavy atom. The third-order valence-electron chi connectivity index (χ3n) is 2.65. The molecule has 0 bridgehead atoms. The molecule has 0 saturated heterocycles. The van der Waals surface area contributed by atoms with Gasteiger partial charge in [-0.05, 0) is 29.0 Å². The number of amides is 1. The zero-order chi connectivity index (χ0) is 12.3. The maximum Gasteiger partial charge on any atom is 0.221 e. The number of anilines is 1. The molecule has 0 aliphatic rings. The number of carbonyl (C=O) groups is 1. The Balaban J connectivity index is 3.26. The fraction of sp³-hybridized carbons (Fsp3) is 0.500. The summed E-state index contributed by atoms with van der Waals surface area (Å²) in [6, 6.07) is 6.13. The van der Waals surface area contributed by atoms with E-state index in [1.165, 1.54) is 11.1 Å². The molecule has 0 atom stereocenters. The highest BCUT2D eigenvalue weighted by Gasteiger charge is 2.14. The first-order chi connectivity index (χ1) is 7.43.